The highest BCUT2D eigenvalue weighted by Crippen LogP contribution is 2.32. The highest BCUT2D eigenvalue weighted by Gasteiger charge is 2.17. The van der Waals surface area contributed by atoms with Gasteiger partial charge in [0.15, 0.2) is 15.6 Å². The van der Waals surface area contributed by atoms with Gasteiger partial charge in [0.2, 0.25) is 5.91 Å². The van der Waals surface area contributed by atoms with Crippen LogP contribution in [0.25, 0.3) is 0 Å². The number of rotatable bonds is 7. The summed E-state index contributed by atoms with van der Waals surface area (Å²) in [5.74, 6) is -0.633. The van der Waals surface area contributed by atoms with Gasteiger partial charge in [-0.25, -0.2) is 8.42 Å². The SMILES string of the molecule is C=CCS(=O)(=O)CC(=O)Nc1cc(Cl)ccc1Oc1ccccc1. The first kappa shape index (κ1) is 18.0. The summed E-state index contributed by atoms with van der Waals surface area (Å²) in [4.78, 5) is 12.0. The Kier molecular flexibility index (Phi) is 6.00. The van der Waals surface area contributed by atoms with Crippen molar-refractivity contribution in [3.8, 4) is 11.5 Å². The minimum Gasteiger partial charge on any atom is -0.455 e. The molecule has 24 heavy (non-hydrogen) atoms. The van der Waals surface area contributed by atoms with Crippen LogP contribution in [0, 0.1) is 0 Å². The van der Waals surface area contributed by atoms with Crippen molar-refractivity contribution in [2.24, 2.45) is 0 Å². The molecule has 0 unspecified atom stereocenters. The summed E-state index contributed by atoms with van der Waals surface area (Å²) in [5.41, 5.74) is 0.296. The standard InChI is InChI=1S/C17H16ClNO4S/c1-2-10-24(21,22)12-17(20)19-15-11-13(18)8-9-16(15)23-14-6-4-3-5-7-14/h2-9,11H,1,10,12H2,(H,19,20). The van der Waals surface area contributed by atoms with Crippen LogP contribution in [0.2, 0.25) is 5.02 Å². The Morgan fingerprint density at radius 2 is 1.92 bits per heavy atom. The lowest BCUT2D eigenvalue weighted by molar-refractivity contribution is -0.113. The molecule has 0 aliphatic rings. The monoisotopic (exact) mass is 365 g/mol. The topological polar surface area (TPSA) is 72.5 Å². The third-order valence-electron chi connectivity index (χ3n) is 2.91. The van der Waals surface area contributed by atoms with E-state index in [1.807, 2.05) is 18.2 Å². The van der Waals surface area contributed by atoms with Crippen molar-refractivity contribution in [1.82, 2.24) is 0 Å². The van der Waals surface area contributed by atoms with Crippen molar-refractivity contribution >= 4 is 33.0 Å². The Bertz CT molecular complexity index is 835. The third kappa shape index (κ3) is 5.40. The van der Waals surface area contributed by atoms with Gasteiger partial charge in [-0.1, -0.05) is 35.9 Å². The molecule has 1 N–H and O–H groups in total. The van der Waals surface area contributed by atoms with Crippen LogP contribution in [-0.2, 0) is 14.6 Å². The molecule has 0 fully saturated rings. The minimum atomic E-state index is -3.54. The Balaban J connectivity index is 2.18. The average molecular weight is 366 g/mol. The van der Waals surface area contributed by atoms with Gasteiger partial charge in [0.25, 0.3) is 0 Å². The van der Waals surface area contributed by atoms with Crippen LogP contribution in [0.4, 0.5) is 5.69 Å². The Hall–Kier alpha value is -2.31. The number of amides is 1. The fourth-order valence-electron chi connectivity index (χ4n) is 1.93. The van der Waals surface area contributed by atoms with Crippen molar-refractivity contribution in [2.45, 2.75) is 0 Å². The molecule has 0 saturated heterocycles. The maximum Gasteiger partial charge on any atom is 0.239 e. The zero-order chi connectivity index (χ0) is 17.6. The van der Waals surface area contributed by atoms with E-state index in [1.54, 1.807) is 24.3 Å². The quantitative estimate of drug-likeness (QED) is 0.760. The van der Waals surface area contributed by atoms with E-state index in [-0.39, 0.29) is 5.75 Å². The van der Waals surface area contributed by atoms with E-state index in [1.165, 1.54) is 12.1 Å². The molecule has 2 aromatic rings. The molecule has 0 spiro atoms. The van der Waals surface area contributed by atoms with E-state index in [0.29, 0.717) is 22.2 Å². The van der Waals surface area contributed by atoms with E-state index < -0.39 is 21.5 Å². The maximum atomic E-state index is 12.0. The van der Waals surface area contributed by atoms with Crippen molar-refractivity contribution in [3.05, 3.63) is 66.2 Å². The van der Waals surface area contributed by atoms with Gasteiger partial charge in [-0.3, -0.25) is 4.79 Å². The summed E-state index contributed by atoms with van der Waals surface area (Å²) in [5, 5.41) is 2.91. The minimum absolute atomic E-state index is 0.261. The fraction of sp³-hybridized carbons (Fsp3) is 0.118. The largest absolute Gasteiger partial charge is 0.455 e. The van der Waals surface area contributed by atoms with E-state index in [9.17, 15) is 13.2 Å². The van der Waals surface area contributed by atoms with Gasteiger partial charge < -0.3 is 10.1 Å². The van der Waals surface area contributed by atoms with Crippen LogP contribution < -0.4 is 10.1 Å². The summed E-state index contributed by atoms with van der Waals surface area (Å²) in [6.45, 7) is 3.36. The summed E-state index contributed by atoms with van der Waals surface area (Å²) in [6.07, 6.45) is 1.24. The zero-order valence-electron chi connectivity index (χ0n) is 12.7. The lowest BCUT2D eigenvalue weighted by Crippen LogP contribution is -2.24. The average Bonchev–Trinajstić information content (AvgIpc) is 2.50. The first-order valence-corrected chi connectivity index (χ1v) is 9.23. The van der Waals surface area contributed by atoms with Crippen LogP contribution in [-0.4, -0.2) is 25.8 Å². The van der Waals surface area contributed by atoms with E-state index in [0.717, 1.165) is 0 Å². The van der Waals surface area contributed by atoms with Gasteiger partial charge >= 0.3 is 0 Å². The maximum absolute atomic E-state index is 12.0. The van der Waals surface area contributed by atoms with Gasteiger partial charge in [-0.15, -0.1) is 6.58 Å². The lowest BCUT2D eigenvalue weighted by atomic mass is 10.3. The molecule has 1 amide bonds. The number of nitrogens with one attached hydrogen (secondary N) is 1. The fourth-order valence-corrected chi connectivity index (χ4v) is 3.05. The molecular weight excluding hydrogens is 350 g/mol. The van der Waals surface area contributed by atoms with Gasteiger partial charge in [-0.05, 0) is 30.3 Å². The van der Waals surface area contributed by atoms with Crippen molar-refractivity contribution in [2.75, 3.05) is 16.8 Å². The van der Waals surface area contributed by atoms with Crippen LogP contribution in [0.5, 0.6) is 11.5 Å². The smallest absolute Gasteiger partial charge is 0.239 e. The highest BCUT2D eigenvalue weighted by molar-refractivity contribution is 7.92. The van der Waals surface area contributed by atoms with Crippen LogP contribution in [0.15, 0.2) is 61.2 Å². The number of sulfone groups is 1. The highest BCUT2D eigenvalue weighted by atomic mass is 35.5. The molecule has 7 heteroatoms. The van der Waals surface area contributed by atoms with Crippen molar-refractivity contribution in [1.29, 1.82) is 0 Å². The summed E-state index contributed by atoms with van der Waals surface area (Å²) >= 11 is 5.95. The van der Waals surface area contributed by atoms with Crippen LogP contribution in [0.1, 0.15) is 0 Å². The number of benzene rings is 2. The molecule has 0 heterocycles. The molecule has 0 atom stereocenters. The number of hydrogen-bond acceptors (Lipinski definition) is 4. The van der Waals surface area contributed by atoms with Crippen LogP contribution in [0.3, 0.4) is 0 Å². The Labute approximate surface area is 145 Å². The third-order valence-corrected chi connectivity index (χ3v) is 4.59. The number of anilines is 1. The number of ether oxygens (including phenoxy) is 1. The predicted molar refractivity (Wildman–Crippen MR) is 95.4 cm³/mol. The second-order valence-corrected chi connectivity index (χ2v) is 7.49. The molecule has 0 radical (unpaired) electrons. The van der Waals surface area contributed by atoms with Gasteiger partial charge in [0.1, 0.15) is 11.5 Å². The first-order chi connectivity index (χ1) is 11.4. The van der Waals surface area contributed by atoms with Gasteiger partial charge in [0.05, 0.1) is 11.4 Å². The van der Waals surface area contributed by atoms with E-state index in [4.69, 9.17) is 16.3 Å². The molecule has 5 nitrogen and oxygen atoms in total. The number of para-hydroxylation sites is 1. The van der Waals surface area contributed by atoms with E-state index >= 15 is 0 Å². The molecule has 2 aromatic carbocycles. The predicted octanol–water partition coefficient (Wildman–Crippen LogP) is 3.67. The molecule has 0 aliphatic carbocycles. The summed E-state index contributed by atoms with van der Waals surface area (Å²) < 4.78 is 29.1. The zero-order valence-corrected chi connectivity index (χ0v) is 14.3. The second kappa shape index (κ2) is 7.99. The first-order valence-electron chi connectivity index (χ1n) is 7.03. The molecule has 0 saturated carbocycles. The molecular formula is C17H16ClNO4S. The second-order valence-electron chi connectivity index (χ2n) is 4.95. The molecule has 0 bridgehead atoms. The number of hydrogen-bond donors (Lipinski definition) is 1. The molecule has 2 rings (SSSR count). The number of halogens is 1. The molecule has 0 aromatic heterocycles. The van der Waals surface area contributed by atoms with E-state index in [2.05, 4.69) is 11.9 Å². The molecule has 0 aliphatic heterocycles. The Morgan fingerprint density at radius 1 is 1.21 bits per heavy atom. The summed E-state index contributed by atoms with van der Waals surface area (Å²) in [7, 11) is -3.54. The van der Waals surface area contributed by atoms with Crippen molar-refractivity contribution in [3.63, 3.8) is 0 Å². The van der Waals surface area contributed by atoms with Gasteiger partial charge in [0, 0.05) is 5.02 Å². The number of carbonyl (C=O) groups excluding carboxylic acids is 1. The normalized spacial score (nSPS) is 10.9. The van der Waals surface area contributed by atoms with Crippen molar-refractivity contribution < 1.29 is 17.9 Å². The lowest BCUT2D eigenvalue weighted by Gasteiger charge is -2.13. The van der Waals surface area contributed by atoms with Gasteiger partial charge in [-0.2, -0.15) is 0 Å². The number of carbonyl (C=O) groups is 1. The molecule has 126 valence electrons. The van der Waals surface area contributed by atoms with Crippen LogP contribution >= 0.6 is 11.6 Å². The summed E-state index contributed by atoms with van der Waals surface area (Å²) in [6, 6.07) is 13.7. The Morgan fingerprint density at radius 3 is 2.58 bits per heavy atom.